The summed E-state index contributed by atoms with van der Waals surface area (Å²) in [5.74, 6) is -0.713. The Bertz CT molecular complexity index is 1020. The van der Waals surface area contributed by atoms with Crippen LogP contribution in [0.3, 0.4) is 0 Å². The Morgan fingerprint density at radius 2 is 1.63 bits per heavy atom. The van der Waals surface area contributed by atoms with Crippen LogP contribution in [0.5, 0.6) is 0 Å². The van der Waals surface area contributed by atoms with Gasteiger partial charge in [-0.2, -0.15) is 0 Å². The second-order valence-electron chi connectivity index (χ2n) is 6.39. The highest BCUT2D eigenvalue weighted by Crippen LogP contribution is 2.18. The molecule has 0 unspecified atom stereocenters. The van der Waals surface area contributed by atoms with Crippen LogP contribution in [-0.4, -0.2) is 24.3 Å². The van der Waals surface area contributed by atoms with Crippen LogP contribution < -0.4 is 16.0 Å². The number of anilines is 2. The van der Waals surface area contributed by atoms with Gasteiger partial charge >= 0.3 is 0 Å². The van der Waals surface area contributed by atoms with Crippen LogP contribution in [0.4, 0.5) is 11.4 Å². The van der Waals surface area contributed by atoms with E-state index in [4.69, 9.17) is 11.6 Å². The van der Waals surface area contributed by atoms with E-state index in [1.54, 1.807) is 60.7 Å². The number of halogens is 1. The number of amides is 3. The first-order valence-corrected chi connectivity index (χ1v) is 10.6. The number of nitrogens with one attached hydrogen (secondary N) is 3. The van der Waals surface area contributed by atoms with Crippen LogP contribution in [0.1, 0.15) is 32.9 Å². The van der Waals surface area contributed by atoms with Crippen molar-refractivity contribution in [1.29, 1.82) is 0 Å². The summed E-state index contributed by atoms with van der Waals surface area (Å²) >= 11 is 7.15. The van der Waals surface area contributed by atoms with E-state index >= 15 is 0 Å². The normalized spacial score (nSPS) is 10.3. The fourth-order valence-corrected chi connectivity index (χ4v) is 3.43. The van der Waals surface area contributed by atoms with E-state index in [2.05, 4.69) is 16.0 Å². The van der Waals surface area contributed by atoms with E-state index in [9.17, 15) is 14.4 Å². The molecule has 3 N–H and O–H groups in total. The molecule has 30 heavy (non-hydrogen) atoms. The fourth-order valence-electron chi connectivity index (χ4n) is 2.68. The quantitative estimate of drug-likeness (QED) is 0.438. The van der Waals surface area contributed by atoms with Gasteiger partial charge in [-0.3, -0.25) is 14.4 Å². The standard InChI is InChI=1S/C22H20ClN3O3S/c23-15-9-11-16(12-10-15)25-20(27)8-3-13-24-21(28)17-5-1-2-6-18(17)26-22(29)19-7-4-14-30-19/h1-2,4-7,9-12,14H,3,8,13H2,(H,24,28)(H,25,27)(H,26,29). The predicted octanol–water partition coefficient (Wildman–Crippen LogP) is 4.80. The van der Waals surface area contributed by atoms with Crippen LogP contribution >= 0.6 is 22.9 Å². The van der Waals surface area contributed by atoms with Gasteiger partial charge in [0.2, 0.25) is 5.91 Å². The number of hydrogen-bond donors (Lipinski definition) is 3. The summed E-state index contributed by atoms with van der Waals surface area (Å²) in [6.45, 7) is 0.333. The van der Waals surface area contributed by atoms with E-state index in [-0.39, 0.29) is 24.1 Å². The third-order valence-electron chi connectivity index (χ3n) is 4.16. The molecule has 1 aromatic heterocycles. The molecule has 1 heterocycles. The van der Waals surface area contributed by atoms with Gasteiger partial charge in [-0.25, -0.2) is 0 Å². The lowest BCUT2D eigenvalue weighted by atomic mass is 10.1. The van der Waals surface area contributed by atoms with Gasteiger partial charge in [-0.15, -0.1) is 11.3 Å². The van der Waals surface area contributed by atoms with E-state index < -0.39 is 0 Å². The Morgan fingerprint density at radius 3 is 2.37 bits per heavy atom. The molecule has 0 radical (unpaired) electrons. The maximum atomic E-state index is 12.5. The molecule has 0 fully saturated rings. The van der Waals surface area contributed by atoms with Crippen LogP contribution in [0, 0.1) is 0 Å². The summed E-state index contributed by atoms with van der Waals surface area (Å²) in [5, 5.41) is 10.8. The third-order valence-corrected chi connectivity index (χ3v) is 5.28. The molecule has 3 aromatic rings. The maximum Gasteiger partial charge on any atom is 0.265 e. The molecule has 0 saturated heterocycles. The topological polar surface area (TPSA) is 87.3 Å². The van der Waals surface area contributed by atoms with Gasteiger partial charge in [0.15, 0.2) is 0 Å². The van der Waals surface area contributed by atoms with Gasteiger partial charge in [0.1, 0.15) is 0 Å². The summed E-state index contributed by atoms with van der Waals surface area (Å²) in [6, 6.07) is 17.2. The van der Waals surface area contributed by atoms with Gasteiger partial charge < -0.3 is 16.0 Å². The largest absolute Gasteiger partial charge is 0.352 e. The Labute approximate surface area is 183 Å². The number of carbonyl (C=O) groups is 3. The van der Waals surface area contributed by atoms with Crippen LogP contribution in [-0.2, 0) is 4.79 Å². The van der Waals surface area contributed by atoms with Crippen molar-refractivity contribution in [2.75, 3.05) is 17.2 Å². The molecule has 0 bridgehead atoms. The number of rotatable bonds is 8. The van der Waals surface area contributed by atoms with Crippen LogP contribution in [0.25, 0.3) is 0 Å². The minimum Gasteiger partial charge on any atom is -0.352 e. The molecule has 2 aromatic carbocycles. The summed E-state index contributed by atoms with van der Waals surface area (Å²) < 4.78 is 0. The van der Waals surface area contributed by atoms with Crippen molar-refractivity contribution in [2.24, 2.45) is 0 Å². The fraction of sp³-hybridized carbons (Fsp3) is 0.136. The van der Waals surface area contributed by atoms with Gasteiger partial charge in [0.05, 0.1) is 16.1 Å². The zero-order valence-electron chi connectivity index (χ0n) is 16.0. The van der Waals surface area contributed by atoms with Crippen molar-refractivity contribution in [1.82, 2.24) is 5.32 Å². The van der Waals surface area contributed by atoms with E-state index in [0.29, 0.717) is 39.8 Å². The van der Waals surface area contributed by atoms with Crippen molar-refractivity contribution in [2.45, 2.75) is 12.8 Å². The molecule has 0 saturated carbocycles. The van der Waals surface area contributed by atoms with E-state index in [1.807, 2.05) is 5.38 Å². The monoisotopic (exact) mass is 441 g/mol. The molecule has 0 aliphatic carbocycles. The number of carbonyl (C=O) groups excluding carboxylic acids is 3. The first-order chi connectivity index (χ1) is 14.5. The Morgan fingerprint density at radius 1 is 0.867 bits per heavy atom. The Kier molecular flexibility index (Phi) is 7.59. The third kappa shape index (κ3) is 6.17. The highest BCUT2D eigenvalue weighted by atomic mass is 35.5. The molecule has 0 spiro atoms. The van der Waals surface area contributed by atoms with E-state index in [0.717, 1.165) is 0 Å². The van der Waals surface area contributed by atoms with Crippen molar-refractivity contribution in [3.05, 3.63) is 81.5 Å². The van der Waals surface area contributed by atoms with Crippen molar-refractivity contribution >= 4 is 52.0 Å². The second kappa shape index (κ2) is 10.6. The molecule has 0 atom stereocenters. The summed E-state index contributed by atoms with van der Waals surface area (Å²) in [6.07, 6.45) is 0.745. The highest BCUT2D eigenvalue weighted by Gasteiger charge is 2.14. The van der Waals surface area contributed by atoms with Crippen LogP contribution in [0.15, 0.2) is 66.0 Å². The zero-order chi connectivity index (χ0) is 21.3. The first kappa shape index (κ1) is 21.5. The second-order valence-corrected chi connectivity index (χ2v) is 7.78. The molecule has 3 amide bonds. The molecule has 0 aliphatic rings. The zero-order valence-corrected chi connectivity index (χ0v) is 17.6. The summed E-state index contributed by atoms with van der Waals surface area (Å²) in [4.78, 5) is 37.4. The lowest BCUT2D eigenvalue weighted by Crippen LogP contribution is -2.27. The Hall–Kier alpha value is -3.16. The number of benzene rings is 2. The van der Waals surface area contributed by atoms with Gasteiger partial charge in [0, 0.05) is 23.7 Å². The van der Waals surface area contributed by atoms with Gasteiger partial charge in [-0.05, 0) is 54.3 Å². The molecule has 3 rings (SSSR count). The lowest BCUT2D eigenvalue weighted by molar-refractivity contribution is -0.116. The maximum absolute atomic E-state index is 12.5. The average molecular weight is 442 g/mol. The molecule has 6 nitrogen and oxygen atoms in total. The van der Waals surface area contributed by atoms with Crippen LogP contribution in [0.2, 0.25) is 5.02 Å². The average Bonchev–Trinajstić information content (AvgIpc) is 3.28. The van der Waals surface area contributed by atoms with Crippen molar-refractivity contribution in [3.8, 4) is 0 Å². The predicted molar refractivity (Wildman–Crippen MR) is 120 cm³/mol. The molecular weight excluding hydrogens is 422 g/mol. The first-order valence-electron chi connectivity index (χ1n) is 9.30. The van der Waals surface area contributed by atoms with Gasteiger partial charge in [0.25, 0.3) is 11.8 Å². The number of para-hydroxylation sites is 1. The molecule has 154 valence electrons. The minimum absolute atomic E-state index is 0.143. The molecular formula is C22H20ClN3O3S. The number of thiophene rings is 1. The van der Waals surface area contributed by atoms with Gasteiger partial charge in [-0.1, -0.05) is 29.8 Å². The van der Waals surface area contributed by atoms with Crippen molar-refractivity contribution in [3.63, 3.8) is 0 Å². The summed E-state index contributed by atoms with van der Waals surface area (Å²) in [5.41, 5.74) is 1.48. The lowest BCUT2D eigenvalue weighted by Gasteiger charge is -2.11. The van der Waals surface area contributed by atoms with Crippen molar-refractivity contribution < 1.29 is 14.4 Å². The number of hydrogen-bond acceptors (Lipinski definition) is 4. The minimum atomic E-state index is -0.310. The molecule has 8 heteroatoms. The molecule has 0 aliphatic heterocycles. The Balaban J connectivity index is 1.47. The highest BCUT2D eigenvalue weighted by molar-refractivity contribution is 7.12. The SMILES string of the molecule is O=C(CCCNC(=O)c1ccccc1NC(=O)c1cccs1)Nc1ccc(Cl)cc1. The van der Waals surface area contributed by atoms with E-state index in [1.165, 1.54) is 11.3 Å². The summed E-state index contributed by atoms with van der Waals surface area (Å²) in [7, 11) is 0. The smallest absolute Gasteiger partial charge is 0.265 e.